The number of methoxy groups -OCH3 is 1. The largest absolute Gasteiger partial charge is 0.383 e. The third-order valence-corrected chi connectivity index (χ3v) is 3.27. The van der Waals surface area contributed by atoms with Crippen LogP contribution < -0.4 is 5.73 Å². The molecule has 0 saturated heterocycles. The van der Waals surface area contributed by atoms with Crippen LogP contribution in [0.2, 0.25) is 0 Å². The Kier molecular flexibility index (Phi) is 5.08. The number of hydrogen-bond acceptors (Lipinski definition) is 6. The summed E-state index contributed by atoms with van der Waals surface area (Å²) >= 11 is 0. The summed E-state index contributed by atoms with van der Waals surface area (Å²) in [6.45, 7) is 7.55. The molecule has 2 rings (SSSR count). The van der Waals surface area contributed by atoms with E-state index < -0.39 is 0 Å². The molecule has 21 heavy (non-hydrogen) atoms. The predicted molar refractivity (Wildman–Crippen MR) is 82.7 cm³/mol. The Morgan fingerprint density at radius 2 is 2.14 bits per heavy atom. The molecule has 0 fully saturated rings. The molecular weight excluding hydrogens is 268 g/mol. The fourth-order valence-electron chi connectivity index (χ4n) is 2.33. The van der Waals surface area contributed by atoms with Crippen molar-refractivity contribution in [3.8, 4) is 0 Å². The summed E-state index contributed by atoms with van der Waals surface area (Å²) in [4.78, 5) is 11.3. The SMILES string of the molecule is COCCN(Cc1nc(N)c2cnn(C)c2n1)CC(C)C. The Bertz CT molecular complexity index is 594. The van der Waals surface area contributed by atoms with Crippen LogP contribution in [0, 0.1) is 5.92 Å². The van der Waals surface area contributed by atoms with Gasteiger partial charge in [-0.2, -0.15) is 5.10 Å². The highest BCUT2D eigenvalue weighted by Gasteiger charge is 2.13. The smallest absolute Gasteiger partial charge is 0.163 e. The summed E-state index contributed by atoms with van der Waals surface area (Å²) in [7, 11) is 3.57. The number of anilines is 1. The number of hydrogen-bond donors (Lipinski definition) is 1. The molecule has 0 spiro atoms. The van der Waals surface area contributed by atoms with Gasteiger partial charge in [-0.15, -0.1) is 0 Å². The number of fused-ring (bicyclic) bond motifs is 1. The number of aromatic nitrogens is 4. The zero-order valence-corrected chi connectivity index (χ0v) is 13.2. The Balaban J connectivity index is 2.20. The molecule has 0 radical (unpaired) electrons. The third-order valence-electron chi connectivity index (χ3n) is 3.27. The van der Waals surface area contributed by atoms with Crippen molar-refractivity contribution in [1.29, 1.82) is 0 Å². The van der Waals surface area contributed by atoms with Crippen LogP contribution >= 0.6 is 0 Å². The number of aryl methyl sites for hydroxylation is 1. The van der Waals surface area contributed by atoms with Crippen molar-refractivity contribution in [2.75, 3.05) is 32.5 Å². The van der Waals surface area contributed by atoms with Gasteiger partial charge in [0.2, 0.25) is 0 Å². The minimum absolute atomic E-state index is 0.485. The fraction of sp³-hybridized carbons (Fsp3) is 0.643. The van der Waals surface area contributed by atoms with Gasteiger partial charge in [-0.3, -0.25) is 9.58 Å². The molecule has 2 heterocycles. The van der Waals surface area contributed by atoms with Crippen LogP contribution in [0.15, 0.2) is 6.20 Å². The summed E-state index contributed by atoms with van der Waals surface area (Å²) in [5.41, 5.74) is 6.77. The second-order valence-corrected chi connectivity index (χ2v) is 5.65. The van der Waals surface area contributed by atoms with Gasteiger partial charge >= 0.3 is 0 Å². The standard InChI is InChI=1S/C14H24N6O/c1-10(2)8-20(5-6-21-4)9-12-17-13(15)11-7-16-19(3)14(11)18-12/h7,10H,5-6,8-9H2,1-4H3,(H2,15,17,18). The Labute approximate surface area is 125 Å². The Hall–Kier alpha value is -1.73. The monoisotopic (exact) mass is 292 g/mol. The topological polar surface area (TPSA) is 82.1 Å². The summed E-state index contributed by atoms with van der Waals surface area (Å²) < 4.78 is 6.89. The van der Waals surface area contributed by atoms with Gasteiger partial charge in [0.05, 0.1) is 24.7 Å². The molecule has 2 aromatic heterocycles. The van der Waals surface area contributed by atoms with Crippen LogP contribution in [0.3, 0.4) is 0 Å². The predicted octanol–water partition coefficient (Wildman–Crippen LogP) is 1.05. The minimum atomic E-state index is 0.485. The van der Waals surface area contributed by atoms with Crippen molar-refractivity contribution < 1.29 is 4.74 Å². The van der Waals surface area contributed by atoms with Crippen molar-refractivity contribution in [2.45, 2.75) is 20.4 Å². The van der Waals surface area contributed by atoms with E-state index in [0.717, 1.165) is 29.9 Å². The summed E-state index contributed by atoms with van der Waals surface area (Å²) in [6, 6.07) is 0. The summed E-state index contributed by atoms with van der Waals surface area (Å²) in [5, 5.41) is 4.97. The molecule has 0 saturated carbocycles. The molecule has 0 amide bonds. The van der Waals surface area contributed by atoms with Crippen molar-refractivity contribution in [1.82, 2.24) is 24.6 Å². The van der Waals surface area contributed by atoms with Gasteiger partial charge in [0.25, 0.3) is 0 Å². The zero-order valence-electron chi connectivity index (χ0n) is 13.2. The second kappa shape index (κ2) is 6.82. The van der Waals surface area contributed by atoms with Crippen molar-refractivity contribution in [3.05, 3.63) is 12.0 Å². The van der Waals surface area contributed by atoms with E-state index in [1.165, 1.54) is 0 Å². The maximum Gasteiger partial charge on any atom is 0.163 e. The number of ether oxygens (including phenoxy) is 1. The maximum absolute atomic E-state index is 6.00. The molecule has 7 heteroatoms. The van der Waals surface area contributed by atoms with Gasteiger partial charge in [-0.1, -0.05) is 13.8 Å². The number of nitrogens with two attached hydrogens (primary N) is 1. The molecule has 0 aliphatic carbocycles. The van der Waals surface area contributed by atoms with Crippen LogP contribution in [0.25, 0.3) is 11.0 Å². The molecule has 7 nitrogen and oxygen atoms in total. The van der Waals surface area contributed by atoms with Gasteiger partial charge in [0.15, 0.2) is 5.65 Å². The first-order chi connectivity index (χ1) is 10.0. The van der Waals surface area contributed by atoms with Gasteiger partial charge in [-0.25, -0.2) is 9.97 Å². The van der Waals surface area contributed by atoms with Crippen molar-refractivity contribution >= 4 is 16.9 Å². The average Bonchev–Trinajstić information content (AvgIpc) is 2.78. The molecular formula is C14H24N6O. The van der Waals surface area contributed by atoms with E-state index in [1.807, 2.05) is 7.05 Å². The molecule has 0 aromatic carbocycles. The first kappa shape index (κ1) is 15.7. The molecule has 0 atom stereocenters. The van der Waals surface area contributed by atoms with E-state index in [4.69, 9.17) is 10.5 Å². The minimum Gasteiger partial charge on any atom is -0.383 e. The zero-order chi connectivity index (χ0) is 15.4. The first-order valence-electron chi connectivity index (χ1n) is 7.16. The van der Waals surface area contributed by atoms with E-state index >= 15 is 0 Å². The Morgan fingerprint density at radius 3 is 2.81 bits per heavy atom. The van der Waals surface area contributed by atoms with E-state index in [0.29, 0.717) is 24.9 Å². The molecule has 2 aromatic rings. The molecule has 0 unspecified atom stereocenters. The average molecular weight is 292 g/mol. The number of nitrogen functional groups attached to an aromatic ring is 1. The first-order valence-corrected chi connectivity index (χ1v) is 7.16. The van der Waals surface area contributed by atoms with E-state index in [1.54, 1.807) is 18.0 Å². The van der Waals surface area contributed by atoms with Crippen molar-refractivity contribution in [2.24, 2.45) is 13.0 Å². The summed E-state index contributed by atoms with van der Waals surface area (Å²) in [6.07, 6.45) is 1.70. The highest BCUT2D eigenvalue weighted by molar-refractivity contribution is 5.84. The summed E-state index contributed by atoms with van der Waals surface area (Å²) in [5.74, 6) is 1.78. The maximum atomic E-state index is 6.00. The van der Waals surface area contributed by atoms with Crippen LogP contribution in [0.4, 0.5) is 5.82 Å². The Morgan fingerprint density at radius 1 is 1.38 bits per heavy atom. The van der Waals surface area contributed by atoms with E-state index in [2.05, 4.69) is 33.8 Å². The highest BCUT2D eigenvalue weighted by atomic mass is 16.5. The van der Waals surface area contributed by atoms with Crippen LogP contribution in [-0.2, 0) is 18.3 Å². The molecule has 116 valence electrons. The lowest BCUT2D eigenvalue weighted by Crippen LogP contribution is -2.31. The molecule has 0 bridgehead atoms. The van der Waals surface area contributed by atoms with Gasteiger partial charge < -0.3 is 10.5 Å². The third kappa shape index (κ3) is 3.89. The number of nitrogens with zero attached hydrogens (tertiary/aromatic N) is 5. The normalized spacial score (nSPS) is 11.9. The highest BCUT2D eigenvalue weighted by Crippen LogP contribution is 2.17. The lowest BCUT2D eigenvalue weighted by Gasteiger charge is -2.23. The number of rotatable bonds is 7. The van der Waals surface area contributed by atoms with Gasteiger partial charge in [0.1, 0.15) is 11.6 Å². The molecule has 0 aliphatic rings. The van der Waals surface area contributed by atoms with Crippen LogP contribution in [0.1, 0.15) is 19.7 Å². The van der Waals surface area contributed by atoms with E-state index in [-0.39, 0.29) is 0 Å². The molecule has 0 aliphatic heterocycles. The van der Waals surface area contributed by atoms with Crippen LogP contribution in [0.5, 0.6) is 0 Å². The quantitative estimate of drug-likeness (QED) is 0.821. The second-order valence-electron chi connectivity index (χ2n) is 5.65. The van der Waals surface area contributed by atoms with Crippen molar-refractivity contribution in [3.63, 3.8) is 0 Å². The lowest BCUT2D eigenvalue weighted by molar-refractivity contribution is 0.134. The molecule has 2 N–H and O–H groups in total. The van der Waals surface area contributed by atoms with Gasteiger partial charge in [0, 0.05) is 27.2 Å². The van der Waals surface area contributed by atoms with Crippen LogP contribution in [-0.4, -0.2) is 51.5 Å². The van der Waals surface area contributed by atoms with E-state index in [9.17, 15) is 0 Å². The van der Waals surface area contributed by atoms with Gasteiger partial charge in [-0.05, 0) is 5.92 Å². The lowest BCUT2D eigenvalue weighted by atomic mass is 10.2. The fourth-order valence-corrected chi connectivity index (χ4v) is 2.33.